The van der Waals surface area contributed by atoms with Crippen LogP contribution in [-0.4, -0.2) is 14.1 Å². The van der Waals surface area contributed by atoms with E-state index in [9.17, 15) is 0 Å². The van der Waals surface area contributed by atoms with Crippen molar-refractivity contribution in [3.8, 4) is 0 Å². The fraction of sp³-hybridized carbons (Fsp3) is 0.375. The topological polar surface area (TPSA) is 3.24 Å². The van der Waals surface area contributed by atoms with Crippen LogP contribution in [0.15, 0.2) is 36.4 Å². The maximum atomic E-state index is 3.27. The second kappa shape index (κ2) is 7.72. The summed E-state index contributed by atoms with van der Waals surface area (Å²) in [6, 6.07) is 8.52. The minimum absolute atomic E-state index is 1.06. The molecule has 1 aromatic carbocycles. The Labute approximate surface area is 105 Å². The van der Waals surface area contributed by atoms with Crippen LogP contribution < -0.4 is 4.90 Å². The van der Waals surface area contributed by atoms with Gasteiger partial charge in [-0.15, -0.1) is 0 Å². The Hall–Kier alpha value is -1.50. The molecule has 0 fully saturated rings. The van der Waals surface area contributed by atoms with Crippen molar-refractivity contribution >= 4 is 11.8 Å². The molecule has 0 aliphatic rings. The summed E-state index contributed by atoms with van der Waals surface area (Å²) in [7, 11) is 4.10. The Bertz CT molecular complexity index is 358. The lowest BCUT2D eigenvalue weighted by molar-refractivity contribution is 0.804. The minimum atomic E-state index is 1.06. The highest BCUT2D eigenvalue weighted by atomic mass is 15.1. The van der Waals surface area contributed by atoms with Crippen LogP contribution in [0.2, 0.25) is 0 Å². The van der Waals surface area contributed by atoms with Gasteiger partial charge in [0.25, 0.3) is 0 Å². The highest BCUT2D eigenvalue weighted by molar-refractivity contribution is 5.56. The molecule has 0 spiro atoms. The molecule has 17 heavy (non-hydrogen) atoms. The van der Waals surface area contributed by atoms with Gasteiger partial charge in [-0.1, -0.05) is 43.7 Å². The summed E-state index contributed by atoms with van der Waals surface area (Å²) >= 11 is 0. The molecule has 1 heteroatoms. The first-order chi connectivity index (χ1) is 8.24. The first kappa shape index (κ1) is 13.6. The van der Waals surface area contributed by atoms with Crippen molar-refractivity contribution in [1.82, 2.24) is 0 Å². The number of nitrogens with zero attached hydrogens (tertiary/aromatic N) is 1. The molecular weight excluding hydrogens is 206 g/mol. The monoisotopic (exact) mass is 228 g/mol. The van der Waals surface area contributed by atoms with Gasteiger partial charge in [-0.25, -0.2) is 0 Å². The molecule has 0 unspecified atom stereocenters. The van der Waals surface area contributed by atoms with Crippen molar-refractivity contribution in [2.24, 2.45) is 0 Å². The van der Waals surface area contributed by atoms with Crippen molar-refractivity contribution in [2.75, 3.05) is 19.0 Å². The maximum Gasteiger partial charge on any atom is 0.0361 e. The summed E-state index contributed by atoms with van der Waals surface area (Å²) in [5.41, 5.74) is 2.45. The van der Waals surface area contributed by atoms with Crippen LogP contribution in [0.1, 0.15) is 31.7 Å². The lowest BCUT2D eigenvalue weighted by Crippen LogP contribution is -2.07. The van der Waals surface area contributed by atoms with E-state index in [-0.39, 0.29) is 0 Å². The highest BCUT2D eigenvalue weighted by Gasteiger charge is 1.92. The van der Waals surface area contributed by atoms with Crippen molar-refractivity contribution < 1.29 is 0 Å². The van der Waals surface area contributed by atoms with Gasteiger partial charge in [-0.3, -0.25) is 0 Å². The molecule has 0 aliphatic heterocycles. The molecule has 0 heterocycles. The first-order valence-electron chi connectivity index (χ1n) is 6.24. The SMILES string of the molecule is CCCC[C]=CC=Cc1ccc(N(C)C)cc1. The summed E-state index contributed by atoms with van der Waals surface area (Å²) in [6.45, 7) is 2.20. The average Bonchev–Trinajstić information content (AvgIpc) is 2.34. The van der Waals surface area contributed by atoms with E-state index in [0.29, 0.717) is 0 Å². The Morgan fingerprint density at radius 1 is 1.18 bits per heavy atom. The van der Waals surface area contributed by atoms with E-state index in [4.69, 9.17) is 0 Å². The van der Waals surface area contributed by atoms with Crippen LogP contribution in [0.3, 0.4) is 0 Å². The van der Waals surface area contributed by atoms with E-state index in [2.05, 4.69) is 68.4 Å². The van der Waals surface area contributed by atoms with E-state index < -0.39 is 0 Å². The predicted octanol–water partition coefficient (Wildman–Crippen LogP) is 4.32. The Balaban J connectivity index is 2.46. The van der Waals surface area contributed by atoms with Gasteiger partial charge in [-0.05, 0) is 36.6 Å². The smallest absolute Gasteiger partial charge is 0.0361 e. The van der Waals surface area contributed by atoms with Crippen molar-refractivity contribution in [1.29, 1.82) is 0 Å². The lowest BCUT2D eigenvalue weighted by atomic mass is 10.2. The largest absolute Gasteiger partial charge is 0.378 e. The van der Waals surface area contributed by atoms with Gasteiger partial charge in [0.05, 0.1) is 0 Å². The first-order valence-corrected chi connectivity index (χ1v) is 6.24. The van der Waals surface area contributed by atoms with Crippen LogP contribution in [0.5, 0.6) is 0 Å². The minimum Gasteiger partial charge on any atom is -0.378 e. The van der Waals surface area contributed by atoms with Crippen LogP contribution in [-0.2, 0) is 0 Å². The molecule has 0 saturated heterocycles. The molecule has 1 aromatic rings. The van der Waals surface area contributed by atoms with Gasteiger partial charge < -0.3 is 4.90 Å². The maximum absolute atomic E-state index is 3.27. The standard InChI is InChI=1S/C16H22N/c1-4-5-6-7-8-9-10-15-11-13-16(14-12-15)17(2)3/h8-14H,4-6H2,1-3H3. The number of unbranched alkanes of at least 4 members (excludes halogenated alkanes) is 2. The van der Waals surface area contributed by atoms with Crippen LogP contribution in [0.25, 0.3) is 6.08 Å². The van der Waals surface area contributed by atoms with Crippen molar-refractivity contribution in [3.63, 3.8) is 0 Å². The molecule has 91 valence electrons. The third kappa shape index (κ3) is 5.39. The Morgan fingerprint density at radius 3 is 2.47 bits per heavy atom. The number of hydrogen-bond donors (Lipinski definition) is 0. The van der Waals surface area contributed by atoms with Gasteiger partial charge in [0, 0.05) is 19.8 Å². The van der Waals surface area contributed by atoms with E-state index in [1.165, 1.54) is 24.1 Å². The number of anilines is 1. The summed E-state index contributed by atoms with van der Waals surface area (Å²) in [5.74, 6) is 0. The molecule has 1 rings (SSSR count). The highest BCUT2D eigenvalue weighted by Crippen LogP contribution is 2.13. The van der Waals surface area contributed by atoms with Crippen molar-refractivity contribution in [2.45, 2.75) is 26.2 Å². The predicted molar refractivity (Wildman–Crippen MR) is 77.1 cm³/mol. The van der Waals surface area contributed by atoms with E-state index in [1.807, 2.05) is 6.08 Å². The molecular formula is C16H22N. The summed E-state index contributed by atoms with van der Waals surface area (Å²) in [5, 5.41) is 0. The zero-order valence-corrected chi connectivity index (χ0v) is 11.1. The normalized spacial score (nSPS) is 11.5. The fourth-order valence-corrected chi connectivity index (χ4v) is 1.47. The lowest BCUT2D eigenvalue weighted by Gasteiger charge is -2.11. The number of allylic oxidation sites excluding steroid dienone is 3. The van der Waals surface area contributed by atoms with Gasteiger partial charge in [-0.2, -0.15) is 0 Å². The van der Waals surface area contributed by atoms with Gasteiger partial charge in [0.15, 0.2) is 0 Å². The number of benzene rings is 1. The van der Waals surface area contributed by atoms with Crippen LogP contribution >= 0.6 is 0 Å². The summed E-state index contributed by atoms with van der Waals surface area (Å²) in [6.07, 6.45) is 13.0. The fourth-order valence-electron chi connectivity index (χ4n) is 1.47. The van der Waals surface area contributed by atoms with Gasteiger partial charge in [0.1, 0.15) is 0 Å². The zero-order chi connectivity index (χ0) is 12.5. The summed E-state index contributed by atoms with van der Waals surface area (Å²) < 4.78 is 0. The van der Waals surface area contributed by atoms with Gasteiger partial charge >= 0.3 is 0 Å². The van der Waals surface area contributed by atoms with E-state index in [1.54, 1.807) is 0 Å². The number of hydrogen-bond acceptors (Lipinski definition) is 1. The Kier molecular flexibility index (Phi) is 6.16. The van der Waals surface area contributed by atoms with Crippen LogP contribution in [0, 0.1) is 6.08 Å². The molecule has 0 amide bonds. The molecule has 1 radical (unpaired) electrons. The second-order valence-electron chi connectivity index (χ2n) is 4.32. The van der Waals surface area contributed by atoms with Gasteiger partial charge in [0.2, 0.25) is 0 Å². The third-order valence-electron chi connectivity index (χ3n) is 2.59. The summed E-state index contributed by atoms with van der Waals surface area (Å²) in [4.78, 5) is 2.10. The average molecular weight is 228 g/mol. The number of rotatable bonds is 6. The third-order valence-corrected chi connectivity index (χ3v) is 2.59. The molecule has 0 bridgehead atoms. The second-order valence-corrected chi connectivity index (χ2v) is 4.32. The molecule has 0 aliphatic carbocycles. The van der Waals surface area contributed by atoms with E-state index >= 15 is 0 Å². The molecule has 0 saturated carbocycles. The van der Waals surface area contributed by atoms with E-state index in [0.717, 1.165) is 6.42 Å². The molecule has 1 nitrogen and oxygen atoms in total. The zero-order valence-electron chi connectivity index (χ0n) is 11.1. The van der Waals surface area contributed by atoms with Crippen LogP contribution in [0.4, 0.5) is 5.69 Å². The quantitative estimate of drug-likeness (QED) is 0.518. The molecule has 0 aromatic heterocycles. The van der Waals surface area contributed by atoms with Crippen molar-refractivity contribution in [3.05, 3.63) is 48.1 Å². The Morgan fingerprint density at radius 2 is 1.88 bits per heavy atom. The molecule has 0 N–H and O–H groups in total. The molecule has 0 atom stereocenters.